The predicted molar refractivity (Wildman–Crippen MR) is 138 cm³/mol. The van der Waals surface area contributed by atoms with Crippen molar-refractivity contribution in [1.82, 2.24) is 9.88 Å². The van der Waals surface area contributed by atoms with Crippen LogP contribution >= 0.6 is 23.2 Å². The van der Waals surface area contributed by atoms with Gasteiger partial charge in [-0.15, -0.1) is 0 Å². The number of hydrogen-bond donors (Lipinski definition) is 1. The van der Waals surface area contributed by atoms with Crippen LogP contribution in [0.1, 0.15) is 16.8 Å². The molecule has 1 aromatic heterocycles. The number of urea groups is 1. The molecule has 1 aliphatic rings. The molecule has 4 aromatic rings. The topological polar surface area (TPSA) is 71.4 Å². The van der Waals surface area contributed by atoms with E-state index in [1.165, 1.54) is 0 Å². The summed E-state index contributed by atoms with van der Waals surface area (Å²) in [4.78, 5) is 39.5. The highest BCUT2D eigenvalue weighted by molar-refractivity contribution is 6.39. The molecule has 0 atom stereocenters. The number of hydrogen-bond acceptors (Lipinski definition) is 3. The van der Waals surface area contributed by atoms with Gasteiger partial charge in [-0.05, 0) is 61.0 Å². The molecule has 174 valence electrons. The summed E-state index contributed by atoms with van der Waals surface area (Å²) < 4.78 is 2.12. The number of halogens is 2. The highest BCUT2D eigenvalue weighted by Gasteiger charge is 2.37. The van der Waals surface area contributed by atoms with E-state index in [9.17, 15) is 14.4 Å². The maximum atomic E-state index is 13.3. The summed E-state index contributed by atoms with van der Waals surface area (Å²) in [7, 11) is 0. The lowest BCUT2D eigenvalue weighted by molar-refractivity contribution is -0.122. The third-order valence-corrected chi connectivity index (χ3v) is 6.51. The number of nitrogens with one attached hydrogen (secondary N) is 1. The number of aromatic nitrogens is 1. The fourth-order valence-corrected chi connectivity index (χ4v) is 4.49. The Balaban J connectivity index is 1.60. The van der Waals surface area contributed by atoms with Crippen LogP contribution in [0.15, 0.2) is 78.4 Å². The standard InChI is InChI=1S/C27H19Cl2N3O3/c1-16-22(21-4-2-3-5-24(21)31(16)15-17-6-8-18(28)9-7-17)14-23-25(33)30-27(35)32(26(23)34)20-12-10-19(29)11-13-20/h2-14H,15H2,1H3,(H,30,33,35)/b23-14+. The number of barbiturate groups is 1. The molecular weight excluding hydrogens is 485 g/mol. The first-order chi connectivity index (χ1) is 16.8. The number of carbonyl (C=O) groups excluding carboxylic acids is 3. The Bertz CT molecular complexity index is 1520. The summed E-state index contributed by atoms with van der Waals surface area (Å²) in [5.74, 6) is -1.44. The van der Waals surface area contributed by atoms with E-state index in [4.69, 9.17) is 23.2 Å². The lowest BCUT2D eigenvalue weighted by atomic mass is 10.0. The number of nitrogens with zero attached hydrogens (tertiary/aromatic N) is 2. The van der Waals surface area contributed by atoms with Crippen LogP contribution in [0.25, 0.3) is 17.0 Å². The third kappa shape index (κ3) is 4.22. The van der Waals surface area contributed by atoms with Crippen molar-refractivity contribution in [2.24, 2.45) is 0 Å². The summed E-state index contributed by atoms with van der Waals surface area (Å²) in [5.41, 5.74) is 3.82. The van der Waals surface area contributed by atoms with E-state index in [1.54, 1.807) is 30.3 Å². The van der Waals surface area contributed by atoms with E-state index in [2.05, 4.69) is 9.88 Å². The second kappa shape index (κ2) is 9.06. The van der Waals surface area contributed by atoms with Gasteiger partial charge in [-0.3, -0.25) is 14.9 Å². The highest BCUT2D eigenvalue weighted by Crippen LogP contribution is 2.31. The van der Waals surface area contributed by atoms with Crippen molar-refractivity contribution in [1.29, 1.82) is 0 Å². The molecule has 1 N–H and O–H groups in total. The molecule has 35 heavy (non-hydrogen) atoms. The van der Waals surface area contributed by atoms with Gasteiger partial charge in [0.25, 0.3) is 11.8 Å². The van der Waals surface area contributed by atoms with Gasteiger partial charge in [-0.1, -0.05) is 53.5 Å². The van der Waals surface area contributed by atoms with Gasteiger partial charge in [0.15, 0.2) is 0 Å². The van der Waals surface area contributed by atoms with Gasteiger partial charge in [-0.2, -0.15) is 0 Å². The van der Waals surface area contributed by atoms with Gasteiger partial charge in [-0.25, -0.2) is 9.69 Å². The lowest BCUT2D eigenvalue weighted by Crippen LogP contribution is -2.54. The number of rotatable bonds is 4. The number of anilines is 1. The lowest BCUT2D eigenvalue weighted by Gasteiger charge is -2.26. The Labute approximate surface area is 211 Å². The van der Waals surface area contributed by atoms with E-state index in [0.29, 0.717) is 22.3 Å². The zero-order valence-corrected chi connectivity index (χ0v) is 20.1. The van der Waals surface area contributed by atoms with Crippen molar-refractivity contribution < 1.29 is 14.4 Å². The molecule has 2 heterocycles. The SMILES string of the molecule is Cc1c(/C=C2\C(=O)NC(=O)N(c3ccc(Cl)cc3)C2=O)c2ccccc2n1Cc1ccc(Cl)cc1. The van der Waals surface area contributed by atoms with Crippen LogP contribution in [0, 0.1) is 6.92 Å². The molecule has 1 saturated heterocycles. The molecule has 1 aliphatic heterocycles. The second-order valence-corrected chi connectivity index (χ2v) is 9.04. The summed E-state index contributed by atoms with van der Waals surface area (Å²) in [6.45, 7) is 2.53. The van der Waals surface area contributed by atoms with Crippen LogP contribution in [0.4, 0.5) is 10.5 Å². The minimum absolute atomic E-state index is 0.128. The summed E-state index contributed by atoms with van der Waals surface area (Å²) in [5, 5.41) is 4.29. The molecule has 5 rings (SSSR count). The Hall–Kier alpha value is -3.87. The molecule has 3 aromatic carbocycles. The third-order valence-electron chi connectivity index (χ3n) is 6.01. The molecular formula is C27H19Cl2N3O3. The first-order valence-electron chi connectivity index (χ1n) is 10.8. The van der Waals surface area contributed by atoms with E-state index in [0.717, 1.165) is 32.6 Å². The van der Waals surface area contributed by atoms with Gasteiger partial charge >= 0.3 is 6.03 Å². The van der Waals surface area contributed by atoms with Crippen LogP contribution in [-0.2, 0) is 16.1 Å². The van der Waals surface area contributed by atoms with E-state index >= 15 is 0 Å². The van der Waals surface area contributed by atoms with Crippen LogP contribution in [0.5, 0.6) is 0 Å². The highest BCUT2D eigenvalue weighted by atomic mass is 35.5. The number of para-hydroxylation sites is 1. The molecule has 0 spiro atoms. The first kappa shape index (κ1) is 22.9. The smallest absolute Gasteiger partial charge is 0.335 e. The Morgan fingerprint density at radius 3 is 2.17 bits per heavy atom. The molecule has 0 unspecified atom stereocenters. The normalized spacial score (nSPS) is 15.2. The molecule has 0 radical (unpaired) electrons. The summed E-state index contributed by atoms with van der Waals surface area (Å²) in [6, 6.07) is 20.8. The molecule has 4 amide bonds. The largest absolute Gasteiger partial charge is 0.340 e. The number of carbonyl (C=O) groups is 3. The number of amides is 4. The minimum Gasteiger partial charge on any atom is -0.340 e. The van der Waals surface area contributed by atoms with Crippen molar-refractivity contribution in [3.05, 3.63) is 105 Å². The van der Waals surface area contributed by atoms with E-state index < -0.39 is 17.8 Å². The number of benzene rings is 3. The van der Waals surface area contributed by atoms with Gasteiger partial charge in [0.05, 0.1) is 5.69 Å². The first-order valence-corrected chi connectivity index (χ1v) is 11.6. The quantitative estimate of drug-likeness (QED) is 0.275. The zero-order chi connectivity index (χ0) is 24.7. The van der Waals surface area contributed by atoms with Crippen molar-refractivity contribution in [3.63, 3.8) is 0 Å². The monoisotopic (exact) mass is 503 g/mol. The average Bonchev–Trinajstić information content (AvgIpc) is 3.10. The Morgan fingerprint density at radius 1 is 0.857 bits per heavy atom. The molecule has 0 aliphatic carbocycles. The van der Waals surface area contributed by atoms with Crippen molar-refractivity contribution in [2.75, 3.05) is 4.90 Å². The summed E-state index contributed by atoms with van der Waals surface area (Å²) in [6.07, 6.45) is 1.56. The van der Waals surface area contributed by atoms with E-state index in [-0.39, 0.29) is 5.57 Å². The fourth-order valence-electron chi connectivity index (χ4n) is 4.24. The fraction of sp³-hybridized carbons (Fsp3) is 0.0741. The maximum Gasteiger partial charge on any atom is 0.335 e. The van der Waals surface area contributed by atoms with Crippen molar-refractivity contribution >= 4 is 63.7 Å². The van der Waals surface area contributed by atoms with Crippen LogP contribution in [0.3, 0.4) is 0 Å². The van der Waals surface area contributed by atoms with Gasteiger partial charge in [0, 0.05) is 38.8 Å². The second-order valence-electron chi connectivity index (χ2n) is 8.16. The number of fused-ring (bicyclic) bond motifs is 1. The van der Waals surface area contributed by atoms with Gasteiger partial charge < -0.3 is 4.57 Å². The van der Waals surface area contributed by atoms with Gasteiger partial charge in [0.2, 0.25) is 0 Å². The molecule has 0 bridgehead atoms. The zero-order valence-electron chi connectivity index (χ0n) is 18.6. The Morgan fingerprint density at radius 2 is 1.49 bits per heavy atom. The van der Waals surface area contributed by atoms with Crippen LogP contribution in [-0.4, -0.2) is 22.4 Å². The molecule has 0 saturated carbocycles. The Kier molecular flexibility index (Phi) is 5.93. The number of imide groups is 2. The van der Waals surface area contributed by atoms with E-state index in [1.807, 2.05) is 55.5 Å². The maximum absolute atomic E-state index is 13.3. The molecule has 8 heteroatoms. The van der Waals surface area contributed by atoms with Crippen molar-refractivity contribution in [3.8, 4) is 0 Å². The molecule has 1 fully saturated rings. The minimum atomic E-state index is -0.804. The van der Waals surface area contributed by atoms with Crippen molar-refractivity contribution in [2.45, 2.75) is 13.5 Å². The van der Waals surface area contributed by atoms with Gasteiger partial charge in [0.1, 0.15) is 5.57 Å². The van der Waals surface area contributed by atoms with Crippen LogP contribution < -0.4 is 10.2 Å². The molecule has 6 nitrogen and oxygen atoms in total. The summed E-state index contributed by atoms with van der Waals surface area (Å²) >= 11 is 12.0. The predicted octanol–water partition coefficient (Wildman–Crippen LogP) is 5.97. The average molecular weight is 504 g/mol. The van der Waals surface area contributed by atoms with Crippen LogP contribution in [0.2, 0.25) is 10.0 Å².